The SMILES string of the molecule is CCCOc1cncc(NC(C)(CCC)C(=O)O)n1. The van der Waals surface area contributed by atoms with E-state index >= 15 is 0 Å². The first-order valence-electron chi connectivity index (χ1n) is 6.48. The second-order valence-corrected chi connectivity index (χ2v) is 4.60. The van der Waals surface area contributed by atoms with Crippen LogP contribution in [0.2, 0.25) is 0 Å². The standard InChI is InChI=1S/C13H21N3O3/c1-4-6-13(3,12(17)18)16-10-8-14-9-11(15-10)19-7-5-2/h8-9H,4-7H2,1-3H3,(H,15,16)(H,17,18). The topological polar surface area (TPSA) is 84.3 Å². The molecule has 0 fully saturated rings. The van der Waals surface area contributed by atoms with E-state index in [1.54, 1.807) is 6.92 Å². The molecule has 1 heterocycles. The lowest BCUT2D eigenvalue weighted by Crippen LogP contribution is -2.43. The normalized spacial score (nSPS) is 13.6. The van der Waals surface area contributed by atoms with E-state index in [1.165, 1.54) is 12.4 Å². The van der Waals surface area contributed by atoms with E-state index in [-0.39, 0.29) is 0 Å². The maximum Gasteiger partial charge on any atom is 0.329 e. The summed E-state index contributed by atoms with van der Waals surface area (Å²) in [7, 11) is 0. The van der Waals surface area contributed by atoms with Crippen molar-refractivity contribution in [3.05, 3.63) is 12.4 Å². The highest BCUT2D eigenvalue weighted by atomic mass is 16.5. The Kier molecular flexibility index (Phi) is 5.54. The predicted molar refractivity (Wildman–Crippen MR) is 72.4 cm³/mol. The van der Waals surface area contributed by atoms with Gasteiger partial charge in [-0.25, -0.2) is 4.79 Å². The van der Waals surface area contributed by atoms with Crippen molar-refractivity contribution in [1.29, 1.82) is 0 Å². The molecule has 0 aliphatic carbocycles. The molecule has 1 aromatic rings. The first-order chi connectivity index (χ1) is 9.01. The van der Waals surface area contributed by atoms with Gasteiger partial charge in [0.25, 0.3) is 0 Å². The third-order valence-corrected chi connectivity index (χ3v) is 2.69. The van der Waals surface area contributed by atoms with Crippen molar-refractivity contribution in [2.75, 3.05) is 11.9 Å². The summed E-state index contributed by atoms with van der Waals surface area (Å²) in [4.78, 5) is 19.5. The van der Waals surface area contributed by atoms with E-state index in [4.69, 9.17) is 4.74 Å². The number of hydrogen-bond acceptors (Lipinski definition) is 5. The van der Waals surface area contributed by atoms with Crippen molar-refractivity contribution in [2.45, 2.75) is 45.6 Å². The van der Waals surface area contributed by atoms with Gasteiger partial charge in [0.1, 0.15) is 11.4 Å². The van der Waals surface area contributed by atoms with Gasteiger partial charge in [0, 0.05) is 0 Å². The predicted octanol–water partition coefficient (Wildman–Crippen LogP) is 2.32. The Bertz CT molecular complexity index is 425. The molecule has 0 aliphatic rings. The Hall–Kier alpha value is -1.85. The Balaban J connectivity index is 2.82. The molecule has 1 aromatic heterocycles. The molecule has 0 saturated heterocycles. The molecule has 0 spiro atoms. The van der Waals surface area contributed by atoms with E-state index in [2.05, 4.69) is 15.3 Å². The Morgan fingerprint density at radius 1 is 1.42 bits per heavy atom. The summed E-state index contributed by atoms with van der Waals surface area (Å²) in [6.45, 7) is 6.14. The van der Waals surface area contributed by atoms with Crippen LogP contribution in [0.3, 0.4) is 0 Å². The van der Waals surface area contributed by atoms with Crippen LogP contribution in [0, 0.1) is 0 Å². The van der Waals surface area contributed by atoms with Crippen LogP contribution < -0.4 is 10.1 Å². The van der Waals surface area contributed by atoms with Crippen molar-refractivity contribution >= 4 is 11.8 Å². The summed E-state index contributed by atoms with van der Waals surface area (Å²) in [6, 6.07) is 0. The molecular formula is C13H21N3O3. The maximum atomic E-state index is 11.3. The minimum Gasteiger partial charge on any atom is -0.480 e. The fourth-order valence-electron chi connectivity index (χ4n) is 1.69. The largest absolute Gasteiger partial charge is 0.480 e. The van der Waals surface area contributed by atoms with Gasteiger partial charge in [-0.3, -0.25) is 4.98 Å². The summed E-state index contributed by atoms with van der Waals surface area (Å²) in [6.07, 6.45) is 5.15. The molecular weight excluding hydrogens is 246 g/mol. The second-order valence-electron chi connectivity index (χ2n) is 4.60. The summed E-state index contributed by atoms with van der Waals surface area (Å²) >= 11 is 0. The number of carboxylic acids is 1. The number of carboxylic acid groups (broad SMARTS) is 1. The lowest BCUT2D eigenvalue weighted by Gasteiger charge is -2.26. The van der Waals surface area contributed by atoms with Gasteiger partial charge in [0.2, 0.25) is 5.88 Å². The number of ether oxygens (including phenoxy) is 1. The fraction of sp³-hybridized carbons (Fsp3) is 0.615. The second kappa shape index (κ2) is 6.92. The molecule has 6 nitrogen and oxygen atoms in total. The van der Waals surface area contributed by atoms with Crippen molar-refractivity contribution in [3.8, 4) is 5.88 Å². The summed E-state index contributed by atoms with van der Waals surface area (Å²) in [5, 5.41) is 12.2. The van der Waals surface area contributed by atoms with Crippen LogP contribution in [0.25, 0.3) is 0 Å². The number of aromatic nitrogens is 2. The zero-order valence-corrected chi connectivity index (χ0v) is 11.6. The van der Waals surface area contributed by atoms with Crippen LogP contribution >= 0.6 is 0 Å². The van der Waals surface area contributed by atoms with Crippen LogP contribution in [0.15, 0.2) is 12.4 Å². The van der Waals surface area contributed by atoms with Crippen molar-refractivity contribution < 1.29 is 14.6 Å². The fourth-order valence-corrected chi connectivity index (χ4v) is 1.69. The maximum absolute atomic E-state index is 11.3. The van der Waals surface area contributed by atoms with Gasteiger partial charge in [-0.15, -0.1) is 0 Å². The average Bonchev–Trinajstić information content (AvgIpc) is 2.37. The quantitative estimate of drug-likeness (QED) is 0.752. The molecule has 106 valence electrons. The number of nitrogens with zero attached hydrogens (tertiary/aromatic N) is 2. The van der Waals surface area contributed by atoms with Crippen LogP contribution in [0.1, 0.15) is 40.0 Å². The van der Waals surface area contributed by atoms with Crippen molar-refractivity contribution in [1.82, 2.24) is 9.97 Å². The number of carbonyl (C=O) groups is 1. The van der Waals surface area contributed by atoms with Gasteiger partial charge in [-0.2, -0.15) is 4.98 Å². The molecule has 0 aromatic carbocycles. The zero-order valence-electron chi connectivity index (χ0n) is 11.6. The van der Waals surface area contributed by atoms with E-state index in [0.717, 1.165) is 12.8 Å². The number of rotatable bonds is 8. The van der Waals surface area contributed by atoms with Crippen molar-refractivity contribution in [2.24, 2.45) is 0 Å². The van der Waals surface area contributed by atoms with Gasteiger partial charge in [-0.1, -0.05) is 20.3 Å². The van der Waals surface area contributed by atoms with E-state index in [1.807, 2.05) is 13.8 Å². The van der Waals surface area contributed by atoms with Gasteiger partial charge < -0.3 is 15.2 Å². The molecule has 19 heavy (non-hydrogen) atoms. The van der Waals surface area contributed by atoms with Gasteiger partial charge in [-0.05, 0) is 19.8 Å². The molecule has 0 saturated carbocycles. The zero-order chi connectivity index (χ0) is 14.3. The molecule has 2 N–H and O–H groups in total. The molecule has 1 atom stereocenters. The minimum atomic E-state index is -1.05. The number of hydrogen-bond donors (Lipinski definition) is 2. The van der Waals surface area contributed by atoms with Crippen molar-refractivity contribution in [3.63, 3.8) is 0 Å². The number of aliphatic carboxylic acids is 1. The number of nitrogens with one attached hydrogen (secondary N) is 1. The highest BCUT2D eigenvalue weighted by Crippen LogP contribution is 2.20. The Labute approximate surface area is 113 Å². The van der Waals surface area contributed by atoms with Crippen LogP contribution in [-0.2, 0) is 4.79 Å². The van der Waals surface area contributed by atoms with Crippen LogP contribution in [0.4, 0.5) is 5.82 Å². The van der Waals surface area contributed by atoms with Crippen LogP contribution in [0.5, 0.6) is 5.88 Å². The van der Waals surface area contributed by atoms with E-state index < -0.39 is 11.5 Å². The van der Waals surface area contributed by atoms with Crippen LogP contribution in [-0.4, -0.2) is 33.2 Å². The summed E-state index contributed by atoms with van der Waals surface area (Å²) < 4.78 is 5.37. The molecule has 0 radical (unpaired) electrons. The first kappa shape index (κ1) is 15.2. The monoisotopic (exact) mass is 267 g/mol. The lowest BCUT2D eigenvalue weighted by molar-refractivity contribution is -0.142. The van der Waals surface area contributed by atoms with E-state index in [9.17, 15) is 9.90 Å². The van der Waals surface area contributed by atoms with Gasteiger partial charge >= 0.3 is 5.97 Å². The molecule has 0 aliphatic heterocycles. The lowest BCUT2D eigenvalue weighted by atomic mass is 9.96. The summed E-state index contributed by atoms with van der Waals surface area (Å²) in [5.74, 6) is -0.0981. The molecule has 1 rings (SSSR count). The van der Waals surface area contributed by atoms with Gasteiger partial charge in [0.15, 0.2) is 0 Å². The number of anilines is 1. The first-order valence-corrected chi connectivity index (χ1v) is 6.48. The molecule has 0 bridgehead atoms. The third-order valence-electron chi connectivity index (χ3n) is 2.69. The molecule has 1 unspecified atom stereocenters. The summed E-state index contributed by atoms with van der Waals surface area (Å²) in [5.41, 5.74) is -1.05. The minimum absolute atomic E-state index is 0.399. The smallest absolute Gasteiger partial charge is 0.329 e. The molecule has 0 amide bonds. The van der Waals surface area contributed by atoms with E-state index in [0.29, 0.717) is 24.7 Å². The van der Waals surface area contributed by atoms with Gasteiger partial charge in [0.05, 0.1) is 19.0 Å². The molecule has 6 heteroatoms. The third kappa shape index (κ3) is 4.39. The Morgan fingerprint density at radius 2 is 2.16 bits per heavy atom. The average molecular weight is 267 g/mol. The highest BCUT2D eigenvalue weighted by molar-refractivity contribution is 5.81. The Morgan fingerprint density at radius 3 is 2.74 bits per heavy atom. The highest BCUT2D eigenvalue weighted by Gasteiger charge is 2.32.